The first kappa shape index (κ1) is 22.8. The van der Waals surface area contributed by atoms with E-state index in [2.05, 4.69) is 6.92 Å². The minimum Gasteiger partial charge on any atom is -0.504 e. The maximum absolute atomic E-state index is 11.5. The zero-order valence-electron chi connectivity index (χ0n) is 16.8. The Bertz CT molecular complexity index is 598. The van der Waals surface area contributed by atoms with E-state index in [1.54, 1.807) is 12.1 Å². The number of ether oxygens (including phenoxy) is 3. The van der Waals surface area contributed by atoms with Crippen molar-refractivity contribution in [2.24, 2.45) is 0 Å². The van der Waals surface area contributed by atoms with Gasteiger partial charge in [0, 0.05) is 20.3 Å². The number of phenolic OH excluding ortho intramolecular Hbond substituents is 1. The molecule has 0 amide bonds. The van der Waals surface area contributed by atoms with E-state index >= 15 is 0 Å². The van der Waals surface area contributed by atoms with Crippen LogP contribution >= 0.6 is 0 Å². The minimum absolute atomic E-state index is 0.0867. The molecule has 1 aromatic rings. The zero-order valence-corrected chi connectivity index (χ0v) is 16.8. The van der Waals surface area contributed by atoms with Crippen molar-refractivity contribution in [2.75, 3.05) is 7.11 Å². The maximum Gasteiger partial charge on any atom is 0.302 e. The highest BCUT2D eigenvalue weighted by molar-refractivity contribution is 5.66. The van der Waals surface area contributed by atoms with Gasteiger partial charge < -0.3 is 19.3 Å². The van der Waals surface area contributed by atoms with Crippen molar-refractivity contribution in [2.45, 2.75) is 77.9 Å². The van der Waals surface area contributed by atoms with Crippen molar-refractivity contribution in [3.8, 4) is 11.5 Å². The highest BCUT2D eigenvalue weighted by atomic mass is 16.6. The molecule has 0 unspecified atom stereocenters. The smallest absolute Gasteiger partial charge is 0.302 e. The van der Waals surface area contributed by atoms with Crippen molar-refractivity contribution >= 4 is 11.9 Å². The number of phenols is 1. The summed E-state index contributed by atoms with van der Waals surface area (Å²) in [5, 5.41) is 9.69. The molecule has 152 valence electrons. The van der Waals surface area contributed by atoms with Crippen LogP contribution < -0.4 is 4.74 Å². The standard InChI is InChI=1S/C21H32O6/c1-5-6-7-8-18(26-15(2)22)14-19(27-16(3)23)11-9-17-10-12-20(24)21(13-17)25-4/h10,12-13,18-19,24H,5-9,11,14H2,1-4H3/t18-,19+/m0/s1. The molecular formula is C21H32O6. The molecule has 0 aliphatic rings. The van der Waals surface area contributed by atoms with Gasteiger partial charge in [-0.05, 0) is 43.4 Å². The van der Waals surface area contributed by atoms with E-state index in [-0.39, 0.29) is 29.9 Å². The van der Waals surface area contributed by atoms with Crippen LogP contribution in [0.2, 0.25) is 0 Å². The molecule has 6 nitrogen and oxygen atoms in total. The minimum atomic E-state index is -0.349. The summed E-state index contributed by atoms with van der Waals surface area (Å²) in [7, 11) is 1.50. The average Bonchev–Trinajstić information content (AvgIpc) is 2.60. The molecular weight excluding hydrogens is 348 g/mol. The molecule has 0 aliphatic carbocycles. The fourth-order valence-corrected chi connectivity index (χ4v) is 3.04. The normalized spacial score (nSPS) is 12.9. The van der Waals surface area contributed by atoms with Crippen molar-refractivity contribution in [3.05, 3.63) is 23.8 Å². The second-order valence-corrected chi connectivity index (χ2v) is 6.74. The molecule has 0 heterocycles. The SMILES string of the molecule is CCCCC[C@@H](C[C@@H](CCc1ccc(O)c(OC)c1)OC(C)=O)OC(C)=O. The maximum atomic E-state index is 11.5. The number of methoxy groups -OCH3 is 1. The van der Waals surface area contributed by atoms with Crippen LogP contribution in [-0.2, 0) is 25.5 Å². The van der Waals surface area contributed by atoms with E-state index in [0.29, 0.717) is 25.0 Å². The molecule has 0 spiro atoms. The Hall–Kier alpha value is -2.24. The predicted octanol–water partition coefficient (Wildman–Crippen LogP) is 4.17. The number of hydrogen-bond acceptors (Lipinski definition) is 6. The van der Waals surface area contributed by atoms with Crippen LogP contribution in [-0.4, -0.2) is 36.4 Å². The molecule has 0 aliphatic heterocycles. The lowest BCUT2D eigenvalue weighted by Crippen LogP contribution is -2.27. The summed E-state index contributed by atoms with van der Waals surface area (Å²) in [6, 6.07) is 5.17. The Balaban J connectivity index is 2.74. The second kappa shape index (κ2) is 12.2. The van der Waals surface area contributed by atoms with E-state index in [9.17, 15) is 14.7 Å². The van der Waals surface area contributed by atoms with Crippen molar-refractivity contribution in [1.82, 2.24) is 0 Å². The summed E-state index contributed by atoms with van der Waals surface area (Å²) >= 11 is 0. The molecule has 0 fully saturated rings. The lowest BCUT2D eigenvalue weighted by molar-refractivity contribution is -0.153. The average molecular weight is 380 g/mol. The van der Waals surface area contributed by atoms with Gasteiger partial charge in [0.15, 0.2) is 11.5 Å². The van der Waals surface area contributed by atoms with Gasteiger partial charge in [-0.15, -0.1) is 0 Å². The van der Waals surface area contributed by atoms with Crippen LogP contribution in [0, 0.1) is 0 Å². The van der Waals surface area contributed by atoms with Gasteiger partial charge >= 0.3 is 11.9 Å². The summed E-state index contributed by atoms with van der Waals surface area (Å²) in [6.45, 7) is 4.90. The highest BCUT2D eigenvalue weighted by Gasteiger charge is 2.21. The Morgan fingerprint density at radius 3 is 2.22 bits per heavy atom. The van der Waals surface area contributed by atoms with Gasteiger partial charge in [0.1, 0.15) is 12.2 Å². The lowest BCUT2D eigenvalue weighted by atomic mass is 9.99. The molecule has 1 rings (SSSR count). The van der Waals surface area contributed by atoms with Crippen LogP contribution in [0.4, 0.5) is 0 Å². The van der Waals surface area contributed by atoms with E-state index in [1.165, 1.54) is 21.0 Å². The largest absolute Gasteiger partial charge is 0.504 e. The lowest BCUT2D eigenvalue weighted by Gasteiger charge is -2.23. The number of carbonyl (C=O) groups is 2. The molecule has 1 N–H and O–H groups in total. The monoisotopic (exact) mass is 380 g/mol. The van der Waals surface area contributed by atoms with Crippen LogP contribution in [0.1, 0.15) is 64.9 Å². The number of aromatic hydroxyl groups is 1. The van der Waals surface area contributed by atoms with Gasteiger partial charge in [-0.3, -0.25) is 9.59 Å². The number of rotatable bonds is 12. The number of benzene rings is 1. The quantitative estimate of drug-likeness (QED) is 0.433. The second-order valence-electron chi connectivity index (χ2n) is 6.74. The Kier molecular flexibility index (Phi) is 10.3. The third-order valence-electron chi connectivity index (χ3n) is 4.32. The summed E-state index contributed by atoms with van der Waals surface area (Å²) in [6.07, 6.45) is 5.02. The Morgan fingerprint density at radius 2 is 1.67 bits per heavy atom. The molecule has 0 saturated heterocycles. The van der Waals surface area contributed by atoms with Crippen LogP contribution in [0.3, 0.4) is 0 Å². The topological polar surface area (TPSA) is 82.1 Å². The van der Waals surface area contributed by atoms with Crippen molar-refractivity contribution in [3.63, 3.8) is 0 Å². The molecule has 0 saturated carbocycles. The first-order valence-electron chi connectivity index (χ1n) is 9.56. The molecule has 6 heteroatoms. The summed E-state index contributed by atoms with van der Waals surface area (Å²) in [5.41, 5.74) is 0.969. The number of unbranched alkanes of at least 4 members (excludes halogenated alkanes) is 2. The van der Waals surface area contributed by atoms with Crippen molar-refractivity contribution < 1.29 is 28.9 Å². The zero-order chi connectivity index (χ0) is 20.2. The van der Waals surface area contributed by atoms with Crippen LogP contribution in [0.5, 0.6) is 11.5 Å². The molecule has 1 aromatic carbocycles. The van der Waals surface area contributed by atoms with Crippen LogP contribution in [0.25, 0.3) is 0 Å². The van der Waals surface area contributed by atoms with E-state index < -0.39 is 0 Å². The molecule has 0 radical (unpaired) electrons. The molecule has 27 heavy (non-hydrogen) atoms. The summed E-state index contributed by atoms with van der Waals surface area (Å²) in [5.74, 6) is -0.169. The van der Waals surface area contributed by atoms with E-state index in [4.69, 9.17) is 14.2 Å². The van der Waals surface area contributed by atoms with Crippen LogP contribution in [0.15, 0.2) is 18.2 Å². The van der Waals surface area contributed by atoms with Gasteiger partial charge in [0.2, 0.25) is 0 Å². The van der Waals surface area contributed by atoms with E-state index in [0.717, 1.165) is 31.2 Å². The molecule has 0 bridgehead atoms. The highest BCUT2D eigenvalue weighted by Crippen LogP contribution is 2.27. The first-order valence-corrected chi connectivity index (χ1v) is 9.56. The van der Waals surface area contributed by atoms with Crippen molar-refractivity contribution in [1.29, 1.82) is 0 Å². The molecule has 0 aromatic heterocycles. The predicted molar refractivity (Wildman–Crippen MR) is 103 cm³/mol. The van der Waals surface area contributed by atoms with Gasteiger partial charge in [-0.25, -0.2) is 0 Å². The summed E-state index contributed by atoms with van der Waals surface area (Å²) < 4.78 is 16.0. The number of carbonyl (C=O) groups excluding carboxylic acids is 2. The fraction of sp³-hybridized carbons (Fsp3) is 0.619. The number of esters is 2. The van der Waals surface area contributed by atoms with Gasteiger partial charge in [-0.1, -0.05) is 25.8 Å². The number of hydrogen-bond donors (Lipinski definition) is 1. The summed E-state index contributed by atoms with van der Waals surface area (Å²) in [4.78, 5) is 22.9. The molecule has 2 atom stereocenters. The number of aryl methyl sites for hydroxylation is 1. The van der Waals surface area contributed by atoms with Gasteiger partial charge in [0.05, 0.1) is 7.11 Å². The fourth-order valence-electron chi connectivity index (χ4n) is 3.04. The van der Waals surface area contributed by atoms with Gasteiger partial charge in [0.25, 0.3) is 0 Å². The third-order valence-corrected chi connectivity index (χ3v) is 4.32. The van der Waals surface area contributed by atoms with E-state index in [1.807, 2.05) is 6.07 Å². The first-order chi connectivity index (χ1) is 12.8. The van der Waals surface area contributed by atoms with Gasteiger partial charge in [-0.2, -0.15) is 0 Å². The Morgan fingerprint density at radius 1 is 1.04 bits per heavy atom. The Labute approximate surface area is 161 Å². The third kappa shape index (κ3) is 9.31.